The molecule has 5 rings (SSSR count). The van der Waals surface area contributed by atoms with Gasteiger partial charge >= 0.3 is 6.11 Å². The minimum atomic E-state index is -4.17. The highest BCUT2D eigenvalue weighted by molar-refractivity contribution is 5.72. The van der Waals surface area contributed by atoms with Crippen LogP contribution in [0.3, 0.4) is 0 Å². The molecule has 0 saturated heterocycles. The van der Waals surface area contributed by atoms with E-state index in [4.69, 9.17) is 4.74 Å². The molecule has 2 nitrogen and oxygen atoms in total. The van der Waals surface area contributed by atoms with Crippen molar-refractivity contribution in [3.8, 4) is 39.3 Å². The second-order valence-corrected chi connectivity index (χ2v) is 10.7. The maximum atomic E-state index is 15.0. The van der Waals surface area contributed by atoms with Gasteiger partial charge in [-0.25, -0.2) is 26.3 Å². The lowest BCUT2D eigenvalue weighted by molar-refractivity contribution is -0.187. The minimum Gasteiger partial charge on any atom is -0.429 e. The van der Waals surface area contributed by atoms with Gasteiger partial charge in [-0.1, -0.05) is 50.1 Å². The van der Waals surface area contributed by atoms with Crippen molar-refractivity contribution in [3.63, 3.8) is 0 Å². The molecule has 0 bridgehead atoms. The first-order valence-electron chi connectivity index (χ1n) is 14.5. The first-order chi connectivity index (χ1) is 22.0. The summed E-state index contributed by atoms with van der Waals surface area (Å²) in [5.41, 5.74) is -0.443. The second kappa shape index (κ2) is 13.7. The maximum absolute atomic E-state index is 15.0. The Bertz CT molecular complexity index is 1840. The van der Waals surface area contributed by atoms with E-state index in [0.717, 1.165) is 79.8 Å². The number of nitrogens with zero attached hydrogens (tertiary/aromatic N) is 1. The summed E-state index contributed by atoms with van der Waals surface area (Å²) in [5.74, 6) is -4.99. The van der Waals surface area contributed by atoms with E-state index < -0.39 is 52.7 Å². The van der Waals surface area contributed by atoms with Crippen LogP contribution in [0.25, 0.3) is 33.5 Å². The van der Waals surface area contributed by atoms with Crippen molar-refractivity contribution in [2.24, 2.45) is 0 Å². The van der Waals surface area contributed by atoms with Crippen LogP contribution in [-0.4, -0.2) is 4.98 Å². The van der Waals surface area contributed by atoms with E-state index in [-0.39, 0.29) is 22.3 Å². The summed E-state index contributed by atoms with van der Waals surface area (Å²) in [6.45, 7) is 2.10. The van der Waals surface area contributed by atoms with Gasteiger partial charge in [-0.3, -0.25) is 4.98 Å². The van der Waals surface area contributed by atoms with Gasteiger partial charge in [0.1, 0.15) is 29.0 Å². The minimum absolute atomic E-state index is 0.00959. The van der Waals surface area contributed by atoms with Gasteiger partial charge < -0.3 is 4.74 Å². The molecule has 1 heterocycles. The summed E-state index contributed by atoms with van der Waals surface area (Å²) in [6, 6.07) is 15.6. The zero-order valence-corrected chi connectivity index (χ0v) is 24.4. The number of halogens is 8. The second-order valence-electron chi connectivity index (χ2n) is 10.7. The highest BCUT2D eigenvalue weighted by atomic mass is 19.3. The first-order valence-corrected chi connectivity index (χ1v) is 14.5. The average molecular weight is 642 g/mol. The van der Waals surface area contributed by atoms with Gasteiger partial charge in [-0.05, 0) is 78.1 Å². The third-order valence-electron chi connectivity index (χ3n) is 7.49. The van der Waals surface area contributed by atoms with E-state index >= 15 is 13.2 Å². The normalized spacial score (nSPS) is 11.7. The van der Waals surface area contributed by atoms with Gasteiger partial charge in [0.15, 0.2) is 0 Å². The van der Waals surface area contributed by atoms with Crippen molar-refractivity contribution in [2.45, 2.75) is 45.1 Å². The number of ether oxygens (including phenoxy) is 1. The summed E-state index contributed by atoms with van der Waals surface area (Å²) in [6.07, 6.45) is -1.50. The Kier molecular flexibility index (Phi) is 9.74. The van der Waals surface area contributed by atoms with E-state index in [1.807, 2.05) is 6.07 Å². The number of pyridine rings is 1. The number of hydrogen-bond donors (Lipinski definition) is 0. The molecule has 0 spiro atoms. The smallest absolute Gasteiger partial charge is 0.429 e. The molecule has 0 amide bonds. The summed E-state index contributed by atoms with van der Waals surface area (Å²) in [5, 5.41) is 0. The van der Waals surface area contributed by atoms with Gasteiger partial charge in [-0.15, -0.1) is 0 Å². The Balaban J connectivity index is 1.31. The van der Waals surface area contributed by atoms with E-state index in [1.165, 1.54) is 18.2 Å². The fraction of sp³-hybridized carbons (Fsp3) is 0.194. The SMILES string of the molecule is CCCCCc1ccc(-c2ccc(C(F)(F)Oc3ccc(-c4ccc(-c5ccc(C(F)F)c(F)c5)c(F)c4)c(F)c3)c(F)c2)nc1. The molecule has 0 aliphatic carbocycles. The van der Waals surface area contributed by atoms with Crippen LogP contribution in [0.2, 0.25) is 0 Å². The van der Waals surface area contributed by atoms with Gasteiger partial charge in [0.2, 0.25) is 0 Å². The van der Waals surface area contributed by atoms with Crippen molar-refractivity contribution < 1.29 is 39.9 Å². The van der Waals surface area contributed by atoms with Crippen LogP contribution in [-0.2, 0) is 12.5 Å². The number of aryl methyl sites for hydroxylation is 1. The molecule has 0 fully saturated rings. The van der Waals surface area contributed by atoms with Crippen molar-refractivity contribution in [3.05, 3.63) is 131 Å². The number of hydrogen-bond acceptors (Lipinski definition) is 2. The van der Waals surface area contributed by atoms with Gasteiger partial charge in [0.05, 0.1) is 16.8 Å². The van der Waals surface area contributed by atoms with Crippen molar-refractivity contribution >= 4 is 0 Å². The Hall–Kier alpha value is -4.73. The van der Waals surface area contributed by atoms with Crippen LogP contribution < -0.4 is 4.74 Å². The highest BCUT2D eigenvalue weighted by Crippen LogP contribution is 2.37. The van der Waals surface area contributed by atoms with Crippen molar-refractivity contribution in [1.29, 1.82) is 0 Å². The largest absolute Gasteiger partial charge is 0.429 e. The Morgan fingerprint density at radius 1 is 0.674 bits per heavy atom. The van der Waals surface area contributed by atoms with E-state index in [1.54, 1.807) is 12.3 Å². The molecular formula is C36H27F8NO. The Morgan fingerprint density at radius 2 is 1.30 bits per heavy atom. The summed E-state index contributed by atoms with van der Waals surface area (Å²) >= 11 is 0. The monoisotopic (exact) mass is 641 g/mol. The van der Waals surface area contributed by atoms with E-state index in [2.05, 4.69) is 11.9 Å². The molecule has 46 heavy (non-hydrogen) atoms. The number of benzene rings is 4. The summed E-state index contributed by atoms with van der Waals surface area (Å²) < 4.78 is 119. The zero-order chi connectivity index (χ0) is 33.0. The molecule has 0 N–H and O–H groups in total. The standard InChI is InChI=1S/C36H27F8NO/c1-2-3-4-5-21-6-15-34(45-20-21)24-9-14-29(33(40)18-24)36(43,44)46-25-10-13-27(32(39)19-25)22-7-11-26(30(37)16-22)23-8-12-28(35(41)42)31(38)17-23/h6-20,35H,2-5H2,1H3. The number of aromatic nitrogens is 1. The van der Waals surface area contributed by atoms with Gasteiger partial charge in [-0.2, -0.15) is 8.78 Å². The third kappa shape index (κ3) is 7.22. The topological polar surface area (TPSA) is 22.1 Å². The van der Waals surface area contributed by atoms with E-state index in [9.17, 15) is 22.0 Å². The predicted octanol–water partition coefficient (Wildman–Crippen LogP) is 11.4. The molecule has 0 radical (unpaired) electrons. The lowest BCUT2D eigenvalue weighted by atomic mass is 9.98. The van der Waals surface area contributed by atoms with Crippen LogP contribution in [0.4, 0.5) is 35.1 Å². The predicted molar refractivity (Wildman–Crippen MR) is 160 cm³/mol. The quantitative estimate of drug-likeness (QED) is 0.106. The molecule has 1 aromatic heterocycles. The fourth-order valence-corrected chi connectivity index (χ4v) is 5.02. The Labute approximate surface area is 260 Å². The number of rotatable bonds is 11. The summed E-state index contributed by atoms with van der Waals surface area (Å²) in [7, 11) is 0. The highest BCUT2D eigenvalue weighted by Gasteiger charge is 2.38. The third-order valence-corrected chi connectivity index (χ3v) is 7.49. The molecule has 0 atom stereocenters. The van der Waals surface area contributed by atoms with Crippen LogP contribution in [0, 0.1) is 23.3 Å². The van der Waals surface area contributed by atoms with Crippen LogP contribution >= 0.6 is 0 Å². The van der Waals surface area contributed by atoms with Crippen LogP contribution in [0.1, 0.15) is 49.3 Å². The average Bonchev–Trinajstić information content (AvgIpc) is 3.01. The molecule has 10 heteroatoms. The molecule has 5 aromatic rings. The molecule has 0 aliphatic rings. The maximum Gasteiger partial charge on any atom is 0.429 e. The fourth-order valence-electron chi connectivity index (χ4n) is 5.02. The lowest BCUT2D eigenvalue weighted by Gasteiger charge is -2.19. The van der Waals surface area contributed by atoms with Crippen molar-refractivity contribution in [2.75, 3.05) is 0 Å². The molecular weight excluding hydrogens is 614 g/mol. The van der Waals surface area contributed by atoms with E-state index in [0.29, 0.717) is 17.3 Å². The number of unbranched alkanes of at least 4 members (excludes halogenated alkanes) is 2. The molecule has 0 aliphatic heterocycles. The van der Waals surface area contributed by atoms with Gasteiger partial charge in [0.25, 0.3) is 6.43 Å². The molecule has 0 saturated carbocycles. The lowest BCUT2D eigenvalue weighted by Crippen LogP contribution is -2.23. The molecule has 0 unspecified atom stereocenters. The molecule has 238 valence electrons. The Morgan fingerprint density at radius 3 is 1.89 bits per heavy atom. The molecule has 4 aromatic carbocycles. The van der Waals surface area contributed by atoms with Gasteiger partial charge in [0, 0.05) is 29.0 Å². The number of alkyl halides is 4. The van der Waals surface area contributed by atoms with Crippen LogP contribution in [0.5, 0.6) is 5.75 Å². The first kappa shape index (κ1) is 32.7. The summed E-state index contributed by atoms with van der Waals surface area (Å²) in [4.78, 5) is 4.32. The van der Waals surface area contributed by atoms with Crippen LogP contribution in [0.15, 0.2) is 91.1 Å². The van der Waals surface area contributed by atoms with Crippen molar-refractivity contribution in [1.82, 2.24) is 4.98 Å². The zero-order valence-electron chi connectivity index (χ0n) is 24.4.